The van der Waals surface area contributed by atoms with Crippen molar-refractivity contribution in [3.05, 3.63) is 0 Å². The summed E-state index contributed by atoms with van der Waals surface area (Å²) in [6, 6.07) is 0. The van der Waals surface area contributed by atoms with E-state index in [4.69, 9.17) is 9.11 Å². The second-order valence-electron chi connectivity index (χ2n) is 5.93. The Labute approximate surface area is 176 Å². The van der Waals surface area contributed by atoms with Crippen LogP contribution in [0, 0.1) is 0 Å². The van der Waals surface area contributed by atoms with Crippen LogP contribution < -0.4 is 0 Å². The smallest absolute Gasteiger partial charge is 0.342 e. The van der Waals surface area contributed by atoms with Crippen molar-refractivity contribution in [3.63, 3.8) is 0 Å². The molecule has 18 heteroatoms. The summed E-state index contributed by atoms with van der Waals surface area (Å²) in [7, 11) is -15.8. The molecule has 0 aromatic carbocycles. The third-order valence-corrected chi connectivity index (χ3v) is 6.22. The Morgan fingerprint density at radius 1 is 0.933 bits per heavy atom. The molecule has 0 saturated carbocycles. The summed E-state index contributed by atoms with van der Waals surface area (Å²) in [4.78, 5) is -0.651. The average molecular weight is 519 g/mol. The average Bonchev–Trinajstić information content (AvgIpc) is 2.50. The lowest BCUT2D eigenvalue weighted by molar-refractivity contribution is -0.286. The molecule has 0 aliphatic carbocycles. The molecule has 0 aliphatic heterocycles. The van der Waals surface area contributed by atoms with E-state index in [1.807, 2.05) is 0 Å². The highest BCUT2D eigenvalue weighted by Crippen LogP contribution is 2.18. The molecule has 0 bridgehead atoms. The van der Waals surface area contributed by atoms with Crippen LogP contribution in [-0.2, 0) is 49.8 Å². The van der Waals surface area contributed by atoms with Gasteiger partial charge in [-0.05, 0) is 25.7 Å². The van der Waals surface area contributed by atoms with E-state index in [9.17, 15) is 43.9 Å². The van der Waals surface area contributed by atoms with E-state index >= 15 is 0 Å². The molecular weight excluding hydrogens is 496 g/mol. The molecule has 0 fully saturated rings. The molecule has 0 rings (SSSR count). The van der Waals surface area contributed by atoms with Gasteiger partial charge in [-0.3, -0.25) is 9.11 Å². The monoisotopic (exact) mass is 518 g/mol. The highest BCUT2D eigenvalue weighted by molar-refractivity contribution is 7.81. The van der Waals surface area contributed by atoms with Crippen molar-refractivity contribution >= 4 is 51.1 Å². The molecule has 0 aromatic rings. The number of rotatable bonds is 14. The molecule has 0 aliphatic rings. The van der Waals surface area contributed by atoms with Gasteiger partial charge in [0.05, 0.1) is 22.3 Å². The van der Waals surface area contributed by atoms with E-state index in [1.54, 1.807) is 0 Å². The summed E-state index contributed by atoms with van der Waals surface area (Å²) < 4.78 is 113. The standard InChI is InChI=1S/C12H22O14S4/c1-2-10(27(15)16)7-9(25-29(19,20)21)5-3-4-6-11(28(17)18)8-12(13,14)26-30(22,23)24/h9,13-14H,2-8H2,1H3,(H,19,20,21)(H,22,23,24). The minimum absolute atomic E-state index is 0.0154. The molecule has 178 valence electrons. The quantitative estimate of drug-likeness (QED) is 0.0885. The highest BCUT2D eigenvalue weighted by Gasteiger charge is 2.33. The minimum Gasteiger partial charge on any atom is -0.342 e. The van der Waals surface area contributed by atoms with Gasteiger partial charge in [0.15, 0.2) is 0 Å². The molecular formula is C12H22O14S4. The molecule has 0 saturated heterocycles. The van der Waals surface area contributed by atoms with Crippen molar-refractivity contribution in [2.24, 2.45) is 0 Å². The predicted molar refractivity (Wildman–Crippen MR) is 102 cm³/mol. The van der Waals surface area contributed by atoms with Crippen LogP contribution in [-0.4, -0.2) is 74.8 Å². The molecule has 0 aromatic heterocycles. The zero-order valence-corrected chi connectivity index (χ0v) is 18.8. The fraction of sp³-hybridized carbons (Fsp3) is 0.833. The number of hydrogen-bond acceptors (Lipinski definition) is 12. The summed E-state index contributed by atoms with van der Waals surface area (Å²) in [6.45, 7) is 1.51. The van der Waals surface area contributed by atoms with Gasteiger partial charge >= 0.3 is 20.8 Å². The van der Waals surface area contributed by atoms with Gasteiger partial charge in [0.2, 0.25) is 20.6 Å². The molecule has 30 heavy (non-hydrogen) atoms. The topological polar surface area (TPSA) is 236 Å². The second-order valence-corrected chi connectivity index (χ2v) is 10.1. The maximum Gasteiger partial charge on any atom is 0.401 e. The van der Waals surface area contributed by atoms with E-state index in [0.29, 0.717) is 0 Å². The fourth-order valence-electron chi connectivity index (χ4n) is 2.32. The van der Waals surface area contributed by atoms with E-state index in [1.165, 1.54) is 6.92 Å². The largest absolute Gasteiger partial charge is 0.401 e. The van der Waals surface area contributed by atoms with E-state index in [2.05, 4.69) is 8.37 Å². The van der Waals surface area contributed by atoms with Crippen LogP contribution in [0.5, 0.6) is 0 Å². The predicted octanol–water partition coefficient (Wildman–Crippen LogP) is -1.51. The molecule has 1 unspecified atom stereocenters. The summed E-state index contributed by atoms with van der Waals surface area (Å²) in [5, 5.41) is 18.7. The first kappa shape index (κ1) is 29.0. The lowest BCUT2D eigenvalue weighted by atomic mass is 10.0. The number of hydrogen-bond donors (Lipinski definition) is 4. The van der Waals surface area contributed by atoms with Crippen LogP contribution >= 0.6 is 0 Å². The lowest BCUT2D eigenvalue weighted by Crippen LogP contribution is -2.37. The zero-order chi connectivity index (χ0) is 23.8. The first-order valence-electron chi connectivity index (χ1n) is 8.12. The molecule has 0 radical (unpaired) electrons. The molecule has 0 amide bonds. The van der Waals surface area contributed by atoms with E-state index < -0.39 is 64.7 Å². The molecule has 1 atom stereocenters. The van der Waals surface area contributed by atoms with Crippen LogP contribution in [0.25, 0.3) is 0 Å². The van der Waals surface area contributed by atoms with E-state index in [0.717, 1.165) is 0 Å². The van der Waals surface area contributed by atoms with Gasteiger partial charge < -0.3 is 10.2 Å². The van der Waals surface area contributed by atoms with Crippen LogP contribution in [0.4, 0.5) is 0 Å². The third-order valence-electron chi connectivity index (χ3n) is 3.48. The number of aliphatic hydroxyl groups is 2. The van der Waals surface area contributed by atoms with Gasteiger partial charge in [-0.15, -0.1) is 0 Å². The number of unbranched alkanes of at least 4 members (excludes halogenated alkanes) is 1. The third kappa shape index (κ3) is 14.1. The van der Waals surface area contributed by atoms with Crippen molar-refractivity contribution in [2.45, 2.75) is 63.9 Å². The molecule has 4 N–H and O–H groups in total. The van der Waals surface area contributed by atoms with Gasteiger partial charge in [-0.25, -0.2) is 4.18 Å². The van der Waals surface area contributed by atoms with Crippen molar-refractivity contribution in [1.29, 1.82) is 0 Å². The summed E-state index contributed by atoms with van der Waals surface area (Å²) in [5.74, 6) is -3.53. The SMILES string of the molecule is CCC(CC(CCCCC(CC(O)(O)OS(=O)(=O)O)=S(=O)=O)OS(=O)(=O)O)=S(=O)=O. The second kappa shape index (κ2) is 12.2. The Balaban J connectivity index is 5.09. The van der Waals surface area contributed by atoms with Crippen molar-refractivity contribution in [2.75, 3.05) is 0 Å². The Morgan fingerprint density at radius 3 is 1.87 bits per heavy atom. The molecule has 0 spiro atoms. The van der Waals surface area contributed by atoms with Gasteiger partial charge in [0.25, 0.3) is 5.97 Å². The van der Waals surface area contributed by atoms with Crippen LogP contribution in [0.15, 0.2) is 0 Å². The Hall–Kier alpha value is -0.960. The van der Waals surface area contributed by atoms with Gasteiger partial charge in [0, 0.05) is 6.42 Å². The normalized spacial score (nSPS) is 13.6. The van der Waals surface area contributed by atoms with Crippen molar-refractivity contribution in [1.82, 2.24) is 0 Å². The van der Waals surface area contributed by atoms with Gasteiger partial charge in [-0.1, -0.05) is 13.3 Å². The maximum atomic E-state index is 11.2. The van der Waals surface area contributed by atoms with Crippen LogP contribution in [0.3, 0.4) is 0 Å². The Morgan fingerprint density at radius 2 is 1.47 bits per heavy atom. The zero-order valence-electron chi connectivity index (χ0n) is 15.5. The lowest BCUT2D eigenvalue weighted by Gasteiger charge is -2.19. The Kier molecular flexibility index (Phi) is 11.8. The molecule has 14 nitrogen and oxygen atoms in total. The highest BCUT2D eigenvalue weighted by atomic mass is 32.3. The van der Waals surface area contributed by atoms with E-state index in [-0.39, 0.29) is 43.4 Å². The summed E-state index contributed by atoms with van der Waals surface area (Å²) in [5.41, 5.74) is 0. The fourth-order valence-corrected chi connectivity index (χ4v) is 4.40. The first-order chi connectivity index (χ1) is 13.5. The van der Waals surface area contributed by atoms with Crippen molar-refractivity contribution in [3.8, 4) is 0 Å². The Bertz CT molecular complexity index is 1050. The van der Waals surface area contributed by atoms with Crippen LogP contribution in [0.2, 0.25) is 0 Å². The summed E-state index contributed by atoms with van der Waals surface area (Å²) in [6.07, 6.45) is -3.17. The minimum atomic E-state index is -5.29. The van der Waals surface area contributed by atoms with Crippen molar-refractivity contribution < 1.29 is 61.4 Å². The maximum absolute atomic E-state index is 11.2. The van der Waals surface area contributed by atoms with Gasteiger partial charge in [-0.2, -0.15) is 37.9 Å². The van der Waals surface area contributed by atoms with Crippen LogP contribution in [0.1, 0.15) is 51.9 Å². The summed E-state index contributed by atoms with van der Waals surface area (Å²) >= 11 is 0. The van der Waals surface area contributed by atoms with Gasteiger partial charge in [0.1, 0.15) is 0 Å². The first-order valence-corrected chi connectivity index (χ1v) is 13.0. The molecule has 0 heterocycles.